The molecule has 0 aliphatic rings. The molecule has 2 aromatic carbocycles. The van der Waals surface area contributed by atoms with Gasteiger partial charge in [0.25, 0.3) is 0 Å². The van der Waals surface area contributed by atoms with Gasteiger partial charge in [-0.2, -0.15) is 0 Å². The summed E-state index contributed by atoms with van der Waals surface area (Å²) >= 11 is 5.71. The zero-order valence-electron chi connectivity index (χ0n) is 9.29. The van der Waals surface area contributed by atoms with Gasteiger partial charge in [-0.1, -0.05) is 11.6 Å². The second-order valence-electron chi connectivity index (χ2n) is 3.88. The molecule has 0 aromatic heterocycles. The third-order valence-electron chi connectivity index (χ3n) is 2.45. The van der Waals surface area contributed by atoms with Crippen LogP contribution in [0.1, 0.15) is 15.9 Å². The number of hydrogen-bond donors (Lipinski definition) is 0. The standard InChI is InChI=1S/C14H9ClF2O/c15-11-3-1-10(2-4-11)14(18)7-9-5-12(16)8-13(17)6-9/h1-6,8H,7H2. The number of rotatable bonds is 3. The lowest BCUT2D eigenvalue weighted by atomic mass is 10.0. The van der Waals surface area contributed by atoms with Crippen LogP contribution in [0.25, 0.3) is 0 Å². The van der Waals surface area contributed by atoms with Crippen molar-refractivity contribution in [1.82, 2.24) is 0 Å². The Kier molecular flexibility index (Phi) is 3.72. The Balaban J connectivity index is 2.18. The molecule has 0 spiro atoms. The molecule has 0 saturated heterocycles. The molecule has 0 amide bonds. The molecule has 0 unspecified atom stereocenters. The Hall–Kier alpha value is -1.74. The maximum Gasteiger partial charge on any atom is 0.167 e. The summed E-state index contributed by atoms with van der Waals surface area (Å²) in [6.45, 7) is 0. The average Bonchev–Trinajstić information content (AvgIpc) is 2.28. The van der Waals surface area contributed by atoms with Crippen molar-refractivity contribution in [1.29, 1.82) is 0 Å². The van der Waals surface area contributed by atoms with E-state index in [1.54, 1.807) is 24.3 Å². The first-order valence-electron chi connectivity index (χ1n) is 5.28. The van der Waals surface area contributed by atoms with E-state index in [4.69, 9.17) is 11.6 Å². The van der Waals surface area contributed by atoms with Gasteiger partial charge in [0.15, 0.2) is 5.78 Å². The van der Waals surface area contributed by atoms with Crippen LogP contribution < -0.4 is 0 Å². The lowest BCUT2D eigenvalue weighted by molar-refractivity contribution is 0.0993. The number of carbonyl (C=O) groups excluding carboxylic acids is 1. The summed E-state index contributed by atoms with van der Waals surface area (Å²) in [5.41, 5.74) is 0.775. The van der Waals surface area contributed by atoms with Crippen molar-refractivity contribution in [2.75, 3.05) is 0 Å². The van der Waals surface area contributed by atoms with Gasteiger partial charge >= 0.3 is 0 Å². The van der Waals surface area contributed by atoms with Gasteiger partial charge in [-0.05, 0) is 42.0 Å². The molecule has 0 heterocycles. The predicted molar refractivity (Wildman–Crippen MR) is 65.8 cm³/mol. The van der Waals surface area contributed by atoms with Crippen LogP contribution in [0.3, 0.4) is 0 Å². The highest BCUT2D eigenvalue weighted by Crippen LogP contribution is 2.14. The summed E-state index contributed by atoms with van der Waals surface area (Å²) < 4.78 is 25.9. The van der Waals surface area contributed by atoms with Crippen LogP contribution in [0.2, 0.25) is 5.02 Å². The van der Waals surface area contributed by atoms with Gasteiger partial charge in [-0.3, -0.25) is 4.79 Å². The second-order valence-corrected chi connectivity index (χ2v) is 4.32. The smallest absolute Gasteiger partial charge is 0.167 e. The van der Waals surface area contributed by atoms with Crippen LogP contribution in [-0.4, -0.2) is 5.78 Å². The molecule has 0 radical (unpaired) electrons. The van der Waals surface area contributed by atoms with Crippen molar-refractivity contribution in [3.8, 4) is 0 Å². The molecule has 0 atom stereocenters. The molecule has 0 fully saturated rings. The average molecular weight is 267 g/mol. The first kappa shape index (κ1) is 12.7. The van der Waals surface area contributed by atoms with E-state index in [9.17, 15) is 13.6 Å². The number of carbonyl (C=O) groups is 1. The molecule has 2 aromatic rings. The highest BCUT2D eigenvalue weighted by atomic mass is 35.5. The Bertz CT molecular complexity index is 559. The molecule has 0 aliphatic heterocycles. The van der Waals surface area contributed by atoms with Crippen molar-refractivity contribution in [2.45, 2.75) is 6.42 Å². The molecule has 0 bridgehead atoms. The van der Waals surface area contributed by atoms with Gasteiger partial charge in [0.2, 0.25) is 0 Å². The van der Waals surface area contributed by atoms with Crippen LogP contribution in [-0.2, 0) is 6.42 Å². The minimum absolute atomic E-state index is 0.0453. The summed E-state index contributed by atoms with van der Waals surface area (Å²) in [7, 11) is 0. The van der Waals surface area contributed by atoms with E-state index < -0.39 is 11.6 Å². The molecule has 0 N–H and O–H groups in total. The van der Waals surface area contributed by atoms with Crippen molar-refractivity contribution < 1.29 is 13.6 Å². The van der Waals surface area contributed by atoms with E-state index in [1.807, 2.05) is 0 Å². The molecule has 92 valence electrons. The van der Waals surface area contributed by atoms with Crippen LogP contribution in [0.15, 0.2) is 42.5 Å². The third-order valence-corrected chi connectivity index (χ3v) is 2.71. The molecular formula is C14H9ClF2O. The third kappa shape index (κ3) is 3.14. The Morgan fingerprint density at radius 3 is 2.11 bits per heavy atom. The van der Waals surface area contributed by atoms with Crippen LogP contribution in [0.5, 0.6) is 0 Å². The topological polar surface area (TPSA) is 17.1 Å². The minimum Gasteiger partial charge on any atom is -0.294 e. The van der Waals surface area contributed by atoms with Crippen LogP contribution in [0.4, 0.5) is 8.78 Å². The van der Waals surface area contributed by atoms with Gasteiger partial charge in [0, 0.05) is 23.1 Å². The summed E-state index contributed by atoms with van der Waals surface area (Å²) in [5.74, 6) is -1.58. The number of ketones is 1. The summed E-state index contributed by atoms with van der Waals surface area (Å²) in [6.07, 6.45) is -0.0453. The highest BCUT2D eigenvalue weighted by molar-refractivity contribution is 6.30. The fourth-order valence-electron chi connectivity index (χ4n) is 1.64. The largest absolute Gasteiger partial charge is 0.294 e. The maximum atomic E-state index is 13.0. The SMILES string of the molecule is O=C(Cc1cc(F)cc(F)c1)c1ccc(Cl)cc1. The molecular weight excluding hydrogens is 258 g/mol. The van der Waals surface area contributed by atoms with E-state index >= 15 is 0 Å². The van der Waals surface area contributed by atoms with Crippen molar-refractivity contribution >= 4 is 17.4 Å². The van der Waals surface area contributed by atoms with Crippen molar-refractivity contribution in [3.63, 3.8) is 0 Å². The monoisotopic (exact) mass is 266 g/mol. The van der Waals surface area contributed by atoms with E-state index in [2.05, 4.69) is 0 Å². The molecule has 18 heavy (non-hydrogen) atoms. The quantitative estimate of drug-likeness (QED) is 0.766. The van der Waals surface area contributed by atoms with E-state index in [-0.39, 0.29) is 12.2 Å². The number of hydrogen-bond acceptors (Lipinski definition) is 1. The van der Waals surface area contributed by atoms with E-state index in [0.717, 1.165) is 18.2 Å². The van der Waals surface area contributed by atoms with E-state index in [0.29, 0.717) is 16.1 Å². The van der Waals surface area contributed by atoms with Crippen molar-refractivity contribution in [3.05, 3.63) is 70.2 Å². The maximum absolute atomic E-state index is 13.0. The Morgan fingerprint density at radius 2 is 1.56 bits per heavy atom. The zero-order chi connectivity index (χ0) is 13.1. The van der Waals surface area contributed by atoms with Gasteiger partial charge in [0.1, 0.15) is 11.6 Å². The van der Waals surface area contributed by atoms with Gasteiger partial charge in [-0.25, -0.2) is 8.78 Å². The summed E-state index contributed by atoms with van der Waals surface area (Å²) in [5, 5.41) is 0.531. The number of benzene rings is 2. The Labute approximate surface area is 108 Å². The molecule has 1 nitrogen and oxygen atoms in total. The van der Waals surface area contributed by atoms with Crippen molar-refractivity contribution in [2.24, 2.45) is 0 Å². The highest BCUT2D eigenvalue weighted by Gasteiger charge is 2.09. The van der Waals surface area contributed by atoms with Gasteiger partial charge in [0.05, 0.1) is 0 Å². The first-order chi connectivity index (χ1) is 8.54. The summed E-state index contributed by atoms with van der Waals surface area (Å²) in [6, 6.07) is 9.44. The molecule has 0 saturated carbocycles. The fourth-order valence-corrected chi connectivity index (χ4v) is 1.76. The first-order valence-corrected chi connectivity index (χ1v) is 5.66. The molecule has 4 heteroatoms. The lowest BCUT2D eigenvalue weighted by Crippen LogP contribution is -2.04. The van der Waals surface area contributed by atoms with Crippen LogP contribution in [0, 0.1) is 11.6 Å². The second kappa shape index (κ2) is 5.27. The number of halogens is 3. The fraction of sp³-hybridized carbons (Fsp3) is 0.0714. The zero-order valence-corrected chi connectivity index (χ0v) is 10.0. The van der Waals surface area contributed by atoms with Gasteiger partial charge < -0.3 is 0 Å². The molecule has 0 aliphatic carbocycles. The Morgan fingerprint density at radius 1 is 1.00 bits per heavy atom. The van der Waals surface area contributed by atoms with E-state index in [1.165, 1.54) is 0 Å². The van der Waals surface area contributed by atoms with Gasteiger partial charge in [-0.15, -0.1) is 0 Å². The van der Waals surface area contributed by atoms with Crippen LogP contribution >= 0.6 is 11.6 Å². The predicted octanol–water partition coefficient (Wildman–Crippen LogP) is 4.04. The summed E-state index contributed by atoms with van der Waals surface area (Å²) in [4.78, 5) is 11.9. The molecule has 2 rings (SSSR count). The minimum atomic E-state index is -0.686. The number of Topliss-reactive ketones (excluding diaryl/α,β-unsaturated/α-hetero) is 1. The normalized spacial score (nSPS) is 10.4. The lowest BCUT2D eigenvalue weighted by Gasteiger charge is -2.02.